The Labute approximate surface area is 178 Å². The molecule has 0 unspecified atom stereocenters. The summed E-state index contributed by atoms with van der Waals surface area (Å²) in [6.45, 7) is 8.31. The lowest BCUT2D eigenvalue weighted by Crippen LogP contribution is -2.26. The fourth-order valence-electron chi connectivity index (χ4n) is 3.43. The number of anilines is 1. The van der Waals surface area contributed by atoms with Crippen molar-refractivity contribution in [1.29, 1.82) is 0 Å². The molecule has 0 amide bonds. The molecular weight excluding hydrogens is 406 g/mol. The van der Waals surface area contributed by atoms with Crippen molar-refractivity contribution in [3.8, 4) is 0 Å². The first-order valence-electron chi connectivity index (χ1n) is 9.68. The van der Waals surface area contributed by atoms with Gasteiger partial charge in [-0.2, -0.15) is 0 Å². The van der Waals surface area contributed by atoms with Gasteiger partial charge in [0.25, 0.3) is 10.0 Å². The van der Waals surface area contributed by atoms with Crippen LogP contribution in [0.1, 0.15) is 31.4 Å². The molecule has 1 N–H and O–H groups in total. The number of sulfonamides is 1. The van der Waals surface area contributed by atoms with Gasteiger partial charge in [-0.3, -0.25) is 9.71 Å². The number of rotatable bonds is 7. The maximum Gasteiger partial charge on any atom is 0.264 e. The predicted molar refractivity (Wildman–Crippen MR) is 122 cm³/mol. The quantitative estimate of drug-likeness (QED) is 0.650. The van der Waals surface area contributed by atoms with Gasteiger partial charge in [0.05, 0.1) is 0 Å². The van der Waals surface area contributed by atoms with Crippen molar-refractivity contribution >= 4 is 38.1 Å². The van der Waals surface area contributed by atoms with Crippen molar-refractivity contribution in [2.24, 2.45) is 4.99 Å². The van der Waals surface area contributed by atoms with Gasteiger partial charge in [-0.05, 0) is 62.6 Å². The summed E-state index contributed by atoms with van der Waals surface area (Å²) in [5.41, 5.74) is 3.68. The first-order chi connectivity index (χ1) is 13.8. The van der Waals surface area contributed by atoms with Crippen LogP contribution in [0.4, 0.5) is 5.69 Å². The van der Waals surface area contributed by atoms with Crippen LogP contribution in [0.15, 0.2) is 59.1 Å². The van der Waals surface area contributed by atoms with Crippen LogP contribution >= 0.6 is 11.6 Å². The van der Waals surface area contributed by atoms with Crippen LogP contribution in [0.2, 0.25) is 5.02 Å². The topological polar surface area (TPSA) is 61.8 Å². The van der Waals surface area contributed by atoms with Crippen LogP contribution in [-0.2, 0) is 10.0 Å². The van der Waals surface area contributed by atoms with Crippen molar-refractivity contribution in [3.63, 3.8) is 0 Å². The minimum absolute atomic E-state index is 0.267. The molecule has 0 bridgehead atoms. The number of nitrogens with one attached hydrogen (secondary N) is 1. The molecule has 2 aromatic rings. The summed E-state index contributed by atoms with van der Waals surface area (Å²) in [6.07, 6.45) is 0.830. The van der Waals surface area contributed by atoms with Gasteiger partial charge in [0.2, 0.25) is 0 Å². The van der Waals surface area contributed by atoms with Crippen LogP contribution in [-0.4, -0.2) is 33.9 Å². The molecule has 0 radical (unpaired) electrons. The summed E-state index contributed by atoms with van der Waals surface area (Å²) >= 11 is 5.92. The molecule has 3 rings (SSSR count). The number of hydrogen-bond donors (Lipinski definition) is 1. The van der Waals surface area contributed by atoms with E-state index in [1.807, 2.05) is 0 Å². The molecule has 1 aliphatic rings. The second kappa shape index (κ2) is 9.01. The minimum atomic E-state index is -3.61. The Morgan fingerprint density at radius 1 is 1.10 bits per heavy atom. The van der Waals surface area contributed by atoms with E-state index in [0.717, 1.165) is 19.5 Å². The summed E-state index contributed by atoms with van der Waals surface area (Å²) in [4.78, 5) is 7.09. The molecule has 0 aromatic heterocycles. The Balaban J connectivity index is 1.70. The molecule has 1 heterocycles. The largest absolute Gasteiger partial charge is 0.372 e. The van der Waals surface area contributed by atoms with Crippen molar-refractivity contribution < 1.29 is 8.42 Å². The van der Waals surface area contributed by atoms with Crippen molar-refractivity contribution in [2.75, 3.05) is 24.5 Å². The van der Waals surface area contributed by atoms with Gasteiger partial charge in [-0.1, -0.05) is 35.9 Å². The van der Waals surface area contributed by atoms with E-state index < -0.39 is 10.0 Å². The minimum Gasteiger partial charge on any atom is -0.372 e. The second-order valence-corrected chi connectivity index (χ2v) is 9.12. The van der Waals surface area contributed by atoms with Crippen molar-refractivity contribution in [1.82, 2.24) is 4.72 Å². The zero-order chi connectivity index (χ0) is 21.0. The average Bonchev–Trinajstić information content (AvgIpc) is 2.91. The molecule has 0 fully saturated rings. The number of aryl methyl sites for hydroxylation is 1. The Bertz CT molecular complexity index is 1040. The standard InChI is InChI=1S/C22H26ClN3O2S/c1-4-26(20-8-5-7-16(2)15-20)14-6-13-24-22-17(3)21(29(27,28)25-22)18-9-11-19(23)12-10-18/h5,7-12,15H,4,6,13-14H2,1-3H3,(H,24,25). The van der Waals surface area contributed by atoms with Crippen LogP contribution < -0.4 is 9.62 Å². The molecule has 2 aromatic carbocycles. The van der Waals surface area contributed by atoms with Crippen LogP contribution in [0.3, 0.4) is 0 Å². The highest BCUT2D eigenvalue weighted by Gasteiger charge is 2.32. The number of hydrogen-bond acceptors (Lipinski definition) is 4. The molecule has 29 heavy (non-hydrogen) atoms. The number of halogens is 1. The fraction of sp³-hybridized carbons (Fsp3) is 0.318. The lowest BCUT2D eigenvalue weighted by molar-refractivity contribution is 0.603. The Kier molecular flexibility index (Phi) is 6.65. The molecule has 1 aliphatic heterocycles. The fourth-order valence-corrected chi connectivity index (χ4v) is 5.08. The maximum atomic E-state index is 12.6. The molecule has 0 atom stereocenters. The Hall–Kier alpha value is -2.31. The summed E-state index contributed by atoms with van der Waals surface area (Å²) in [7, 11) is -3.61. The highest BCUT2D eigenvalue weighted by atomic mass is 35.5. The molecule has 7 heteroatoms. The van der Waals surface area contributed by atoms with Crippen molar-refractivity contribution in [2.45, 2.75) is 27.2 Å². The summed E-state index contributed by atoms with van der Waals surface area (Å²) in [6, 6.07) is 15.2. The molecule has 0 saturated carbocycles. The molecular formula is C22H26ClN3O2S. The SMILES string of the molecule is CCN(CCCN=C1NS(=O)(=O)C(c2ccc(Cl)cc2)=C1C)c1cccc(C)c1. The van der Waals surface area contributed by atoms with Gasteiger partial charge in [0, 0.05) is 35.9 Å². The zero-order valence-electron chi connectivity index (χ0n) is 16.9. The number of benzene rings is 2. The van der Waals surface area contributed by atoms with Crippen LogP contribution in [0.5, 0.6) is 0 Å². The summed E-state index contributed by atoms with van der Waals surface area (Å²) in [5.74, 6) is 0.425. The van der Waals surface area contributed by atoms with E-state index in [1.54, 1.807) is 31.2 Å². The van der Waals surface area contributed by atoms with Gasteiger partial charge < -0.3 is 4.90 Å². The van der Waals surface area contributed by atoms with E-state index in [2.05, 4.69) is 52.7 Å². The highest BCUT2D eigenvalue weighted by molar-refractivity contribution is 8.00. The smallest absolute Gasteiger partial charge is 0.264 e. The maximum absolute atomic E-state index is 12.6. The Morgan fingerprint density at radius 3 is 2.48 bits per heavy atom. The summed E-state index contributed by atoms with van der Waals surface area (Å²) < 4.78 is 27.7. The van der Waals surface area contributed by atoms with Gasteiger partial charge >= 0.3 is 0 Å². The van der Waals surface area contributed by atoms with E-state index in [4.69, 9.17) is 11.6 Å². The van der Waals surface area contributed by atoms with Gasteiger partial charge in [0.15, 0.2) is 0 Å². The second-order valence-electron chi connectivity index (χ2n) is 7.07. The van der Waals surface area contributed by atoms with E-state index in [0.29, 0.717) is 28.5 Å². The number of nitrogens with zero attached hydrogens (tertiary/aromatic N) is 2. The zero-order valence-corrected chi connectivity index (χ0v) is 18.5. The monoisotopic (exact) mass is 431 g/mol. The summed E-state index contributed by atoms with van der Waals surface area (Å²) in [5, 5.41) is 0.568. The molecule has 0 aliphatic carbocycles. The van der Waals surface area contributed by atoms with Crippen LogP contribution in [0, 0.1) is 6.92 Å². The molecule has 0 saturated heterocycles. The molecule has 5 nitrogen and oxygen atoms in total. The molecule has 154 valence electrons. The average molecular weight is 432 g/mol. The number of aliphatic imine (C=N–C) groups is 1. The Morgan fingerprint density at radius 2 is 1.83 bits per heavy atom. The highest BCUT2D eigenvalue weighted by Crippen LogP contribution is 2.30. The first kappa shape index (κ1) is 21.4. The van der Waals surface area contributed by atoms with Crippen molar-refractivity contribution in [3.05, 3.63) is 70.3 Å². The lowest BCUT2D eigenvalue weighted by atomic mass is 10.1. The van der Waals surface area contributed by atoms with E-state index in [1.165, 1.54) is 11.3 Å². The first-order valence-corrected chi connectivity index (χ1v) is 11.5. The van der Waals surface area contributed by atoms with Gasteiger partial charge in [0.1, 0.15) is 10.7 Å². The van der Waals surface area contributed by atoms with Gasteiger partial charge in [-0.15, -0.1) is 0 Å². The lowest BCUT2D eigenvalue weighted by Gasteiger charge is -2.23. The third-order valence-electron chi connectivity index (χ3n) is 4.91. The third kappa shape index (κ3) is 5.00. The van der Waals surface area contributed by atoms with E-state index >= 15 is 0 Å². The third-order valence-corrected chi connectivity index (χ3v) is 6.70. The van der Waals surface area contributed by atoms with E-state index in [9.17, 15) is 8.42 Å². The molecule has 0 spiro atoms. The van der Waals surface area contributed by atoms with Crippen LogP contribution in [0.25, 0.3) is 4.91 Å². The van der Waals surface area contributed by atoms with E-state index in [-0.39, 0.29) is 4.91 Å². The predicted octanol–water partition coefficient (Wildman–Crippen LogP) is 4.63. The number of amidine groups is 1. The van der Waals surface area contributed by atoms with Gasteiger partial charge in [-0.25, -0.2) is 8.42 Å². The normalized spacial score (nSPS) is 16.9.